The highest BCUT2D eigenvalue weighted by Crippen LogP contribution is 2.38. The molecule has 1 atom stereocenters. The minimum Gasteiger partial charge on any atom is -0.310 e. The molecule has 5 rings (SSSR count). The summed E-state index contributed by atoms with van der Waals surface area (Å²) >= 11 is 0. The van der Waals surface area contributed by atoms with E-state index in [4.69, 9.17) is 0 Å². The second kappa shape index (κ2) is 6.06. The number of benzene rings is 3. The van der Waals surface area contributed by atoms with Gasteiger partial charge in [0.05, 0.1) is 11.9 Å². The molecule has 1 aromatic heterocycles. The maximum Gasteiger partial charge on any atom is 0.226 e. The van der Waals surface area contributed by atoms with Crippen molar-refractivity contribution >= 4 is 22.5 Å². The summed E-state index contributed by atoms with van der Waals surface area (Å²) in [6, 6.07) is 20.5. The monoisotopic (exact) mass is 357 g/mol. The van der Waals surface area contributed by atoms with Crippen molar-refractivity contribution in [3.8, 4) is 5.69 Å². The van der Waals surface area contributed by atoms with Gasteiger partial charge < -0.3 is 5.32 Å². The molecule has 0 saturated carbocycles. The van der Waals surface area contributed by atoms with Crippen molar-refractivity contribution in [3.05, 3.63) is 89.9 Å². The summed E-state index contributed by atoms with van der Waals surface area (Å²) in [5, 5.41) is 9.69. The van der Waals surface area contributed by atoms with Crippen molar-refractivity contribution in [2.75, 3.05) is 5.32 Å². The summed E-state index contributed by atoms with van der Waals surface area (Å²) in [5.41, 5.74) is 2.76. The number of rotatable bonds is 2. The van der Waals surface area contributed by atoms with E-state index < -0.39 is 0 Å². The Bertz CT molecular complexity index is 1160. The van der Waals surface area contributed by atoms with Crippen molar-refractivity contribution < 1.29 is 9.18 Å². The summed E-state index contributed by atoms with van der Waals surface area (Å²) in [4.78, 5) is 12.4. The van der Waals surface area contributed by atoms with Crippen LogP contribution in [0.25, 0.3) is 16.5 Å². The van der Waals surface area contributed by atoms with Gasteiger partial charge in [0.1, 0.15) is 11.6 Å². The maximum absolute atomic E-state index is 13.2. The molecular weight excluding hydrogens is 341 g/mol. The zero-order valence-electron chi connectivity index (χ0n) is 14.4. The molecule has 4 nitrogen and oxygen atoms in total. The fraction of sp³-hybridized carbons (Fsp3) is 0.0909. The molecule has 1 N–H and O–H groups in total. The van der Waals surface area contributed by atoms with Crippen LogP contribution >= 0.6 is 0 Å². The van der Waals surface area contributed by atoms with Gasteiger partial charge in [-0.1, -0.05) is 42.5 Å². The Kier molecular flexibility index (Phi) is 3.53. The Morgan fingerprint density at radius 3 is 2.59 bits per heavy atom. The largest absolute Gasteiger partial charge is 0.310 e. The lowest BCUT2D eigenvalue weighted by atomic mass is 9.86. The second-order valence-electron chi connectivity index (χ2n) is 6.75. The number of carbonyl (C=O) groups excluding carboxylic acids is 1. The number of fused-ring (bicyclic) bond motifs is 2. The van der Waals surface area contributed by atoms with E-state index >= 15 is 0 Å². The molecule has 0 unspecified atom stereocenters. The molecule has 27 heavy (non-hydrogen) atoms. The third-order valence-corrected chi connectivity index (χ3v) is 5.07. The van der Waals surface area contributed by atoms with Crippen molar-refractivity contribution in [2.24, 2.45) is 0 Å². The van der Waals surface area contributed by atoms with Crippen molar-refractivity contribution in [1.29, 1.82) is 0 Å². The molecule has 4 aromatic rings. The summed E-state index contributed by atoms with van der Waals surface area (Å²) in [5.74, 6) is 0.228. The van der Waals surface area contributed by atoms with Crippen LogP contribution < -0.4 is 5.32 Å². The predicted molar refractivity (Wildman–Crippen MR) is 103 cm³/mol. The van der Waals surface area contributed by atoms with Crippen LogP contribution in [-0.4, -0.2) is 15.7 Å². The Balaban J connectivity index is 1.62. The van der Waals surface area contributed by atoms with Crippen molar-refractivity contribution in [3.63, 3.8) is 0 Å². The normalized spacial score (nSPS) is 16.2. The van der Waals surface area contributed by atoms with Gasteiger partial charge in [-0.3, -0.25) is 4.79 Å². The molecule has 0 radical (unpaired) electrons. The average Bonchev–Trinajstić information content (AvgIpc) is 3.11. The first-order valence-electron chi connectivity index (χ1n) is 8.81. The zero-order chi connectivity index (χ0) is 18.4. The van der Waals surface area contributed by atoms with Crippen LogP contribution in [0.3, 0.4) is 0 Å². The van der Waals surface area contributed by atoms with Crippen molar-refractivity contribution in [2.45, 2.75) is 12.3 Å². The lowest BCUT2D eigenvalue weighted by Crippen LogP contribution is -2.24. The van der Waals surface area contributed by atoms with Crippen LogP contribution in [0, 0.1) is 5.82 Å². The van der Waals surface area contributed by atoms with E-state index in [1.165, 1.54) is 17.5 Å². The van der Waals surface area contributed by atoms with Crippen molar-refractivity contribution in [1.82, 2.24) is 9.78 Å². The molecule has 5 heteroatoms. The van der Waals surface area contributed by atoms with Gasteiger partial charge in [0, 0.05) is 17.9 Å². The number of anilines is 1. The Labute approximate surface area is 155 Å². The molecule has 132 valence electrons. The lowest BCUT2D eigenvalue weighted by molar-refractivity contribution is -0.116. The van der Waals surface area contributed by atoms with E-state index in [1.807, 2.05) is 12.1 Å². The highest BCUT2D eigenvalue weighted by atomic mass is 19.1. The molecule has 3 aromatic carbocycles. The van der Waals surface area contributed by atoms with Gasteiger partial charge in [-0.25, -0.2) is 9.07 Å². The molecule has 2 heterocycles. The Hall–Kier alpha value is -3.47. The molecule has 1 amide bonds. The number of amides is 1. The van der Waals surface area contributed by atoms with Gasteiger partial charge in [0.15, 0.2) is 0 Å². The highest BCUT2D eigenvalue weighted by molar-refractivity contribution is 5.95. The minimum absolute atomic E-state index is 0.0514. The van der Waals surface area contributed by atoms with Gasteiger partial charge in [-0.15, -0.1) is 0 Å². The predicted octanol–water partition coefficient (Wildman–Crippen LogP) is 4.64. The van der Waals surface area contributed by atoms with Crippen LogP contribution in [-0.2, 0) is 4.79 Å². The first kappa shape index (κ1) is 15.8. The number of halogens is 1. The third kappa shape index (κ3) is 2.68. The number of hydrogen-bond donors (Lipinski definition) is 1. The molecule has 0 fully saturated rings. The molecule has 0 saturated heterocycles. The zero-order valence-corrected chi connectivity index (χ0v) is 14.4. The van der Waals surface area contributed by atoms with Gasteiger partial charge in [-0.05, 0) is 40.6 Å². The van der Waals surface area contributed by atoms with Crippen LogP contribution in [0.4, 0.5) is 10.2 Å². The van der Waals surface area contributed by atoms with Gasteiger partial charge >= 0.3 is 0 Å². The first-order valence-corrected chi connectivity index (χ1v) is 8.81. The standard InChI is InChI=1S/C22H16FN3O/c23-17-7-9-18(10-8-17)26-22-20(13-24-26)19(12-21(27)25-22)16-6-5-14-3-1-2-4-15(14)11-16/h1-11,13,19H,12H2,(H,25,27)/t19-/m1/s1. The molecule has 1 aliphatic rings. The quantitative estimate of drug-likeness (QED) is 0.568. The first-order chi connectivity index (χ1) is 13.2. The Morgan fingerprint density at radius 2 is 1.78 bits per heavy atom. The maximum atomic E-state index is 13.2. The van der Waals surface area contributed by atoms with Gasteiger partial charge in [-0.2, -0.15) is 5.10 Å². The van der Waals surface area contributed by atoms with E-state index in [9.17, 15) is 9.18 Å². The SMILES string of the molecule is O=C1C[C@H](c2ccc3ccccc3c2)c2cnn(-c3ccc(F)cc3)c2N1. The van der Waals surface area contributed by atoms with Gasteiger partial charge in [0.2, 0.25) is 5.91 Å². The molecular formula is C22H16FN3O. The van der Waals surface area contributed by atoms with E-state index in [0.29, 0.717) is 17.9 Å². The summed E-state index contributed by atoms with van der Waals surface area (Å²) in [6.45, 7) is 0. The molecule has 0 spiro atoms. The number of nitrogens with one attached hydrogen (secondary N) is 1. The second-order valence-corrected chi connectivity index (χ2v) is 6.75. The van der Waals surface area contributed by atoms with Crippen LogP contribution in [0.5, 0.6) is 0 Å². The van der Waals surface area contributed by atoms with Gasteiger partial charge in [0.25, 0.3) is 0 Å². The summed E-state index contributed by atoms with van der Waals surface area (Å²) in [7, 11) is 0. The minimum atomic E-state index is -0.308. The summed E-state index contributed by atoms with van der Waals surface area (Å²) in [6.07, 6.45) is 2.17. The fourth-order valence-corrected chi connectivity index (χ4v) is 3.72. The lowest BCUT2D eigenvalue weighted by Gasteiger charge is -2.24. The smallest absolute Gasteiger partial charge is 0.226 e. The van der Waals surface area contributed by atoms with Crippen LogP contribution in [0.1, 0.15) is 23.5 Å². The van der Waals surface area contributed by atoms with E-state index in [0.717, 1.165) is 16.5 Å². The summed E-state index contributed by atoms with van der Waals surface area (Å²) < 4.78 is 14.9. The number of carbonyl (C=O) groups is 1. The van der Waals surface area contributed by atoms with E-state index in [1.54, 1.807) is 23.0 Å². The molecule has 1 aliphatic heterocycles. The third-order valence-electron chi connectivity index (χ3n) is 5.07. The topological polar surface area (TPSA) is 46.9 Å². The van der Waals surface area contributed by atoms with Crippen LogP contribution in [0.15, 0.2) is 72.9 Å². The number of nitrogens with zero attached hydrogens (tertiary/aromatic N) is 2. The fourth-order valence-electron chi connectivity index (χ4n) is 3.72. The average molecular weight is 357 g/mol. The molecule has 0 bridgehead atoms. The molecule has 0 aliphatic carbocycles. The Morgan fingerprint density at radius 1 is 1.00 bits per heavy atom. The van der Waals surface area contributed by atoms with E-state index in [2.05, 4.69) is 40.7 Å². The van der Waals surface area contributed by atoms with E-state index in [-0.39, 0.29) is 17.6 Å². The van der Waals surface area contributed by atoms with Crippen LogP contribution in [0.2, 0.25) is 0 Å². The highest BCUT2D eigenvalue weighted by Gasteiger charge is 2.30. The number of hydrogen-bond acceptors (Lipinski definition) is 2. The number of aromatic nitrogens is 2.